The number of nitrogens with one attached hydrogen (secondary N) is 1. The normalized spacial score (nSPS) is 16.4. The number of benzene rings is 1. The number of carbonyl (C=O) groups excluding carboxylic acids is 1. The van der Waals surface area contributed by atoms with Crippen LogP contribution in [0.4, 0.5) is 0 Å². The fraction of sp³-hybridized carbons (Fsp3) is 0.500. The van der Waals surface area contributed by atoms with Crippen LogP contribution in [0, 0.1) is 5.92 Å². The van der Waals surface area contributed by atoms with Gasteiger partial charge in [-0.15, -0.1) is 0 Å². The van der Waals surface area contributed by atoms with Gasteiger partial charge in [0.25, 0.3) is 0 Å². The van der Waals surface area contributed by atoms with E-state index in [9.17, 15) is 4.79 Å². The number of hydrogen-bond acceptors (Lipinski definition) is 2. The highest BCUT2D eigenvalue weighted by Crippen LogP contribution is 2.22. The third-order valence-corrected chi connectivity index (χ3v) is 4.15. The first-order valence-corrected chi connectivity index (χ1v) is 7.49. The van der Waals surface area contributed by atoms with Crippen molar-refractivity contribution in [2.24, 2.45) is 5.92 Å². The molecule has 3 rings (SSSR count). The van der Waals surface area contributed by atoms with Crippen LogP contribution in [-0.2, 0) is 11.3 Å². The number of rotatable bonds is 4. The number of fused-ring (bicyclic) bond motifs is 1. The zero-order valence-electron chi connectivity index (χ0n) is 11.7. The Kier molecular flexibility index (Phi) is 4.00. The average Bonchev–Trinajstić information content (AvgIpc) is 2.90. The molecule has 1 N–H and O–H groups in total. The minimum absolute atomic E-state index is 0.0822. The Hall–Kier alpha value is -1.84. The molecule has 4 heteroatoms. The maximum Gasteiger partial charge on any atom is 0.240 e. The zero-order chi connectivity index (χ0) is 13.8. The molecule has 4 nitrogen and oxygen atoms in total. The summed E-state index contributed by atoms with van der Waals surface area (Å²) in [5.74, 6) is 0.756. The molecule has 1 aliphatic carbocycles. The largest absolute Gasteiger partial charge is 0.354 e. The van der Waals surface area contributed by atoms with Gasteiger partial charge in [0.2, 0.25) is 5.91 Å². The second kappa shape index (κ2) is 6.07. The van der Waals surface area contributed by atoms with Gasteiger partial charge in [-0.25, -0.2) is 4.98 Å². The number of amides is 1. The van der Waals surface area contributed by atoms with E-state index in [4.69, 9.17) is 0 Å². The van der Waals surface area contributed by atoms with Crippen molar-refractivity contribution in [2.45, 2.75) is 38.6 Å². The van der Waals surface area contributed by atoms with Crippen LogP contribution in [0.15, 0.2) is 30.6 Å². The predicted molar refractivity (Wildman–Crippen MR) is 79.3 cm³/mol. The third-order valence-electron chi connectivity index (χ3n) is 4.15. The Balaban J connectivity index is 1.55. The van der Waals surface area contributed by atoms with Crippen LogP contribution in [0.3, 0.4) is 0 Å². The summed E-state index contributed by atoms with van der Waals surface area (Å²) >= 11 is 0. The van der Waals surface area contributed by atoms with E-state index >= 15 is 0 Å². The Bertz CT molecular complexity index is 584. The molecule has 1 saturated carbocycles. The van der Waals surface area contributed by atoms with Gasteiger partial charge >= 0.3 is 0 Å². The van der Waals surface area contributed by atoms with Gasteiger partial charge in [-0.2, -0.15) is 0 Å². The Morgan fingerprint density at radius 1 is 1.25 bits per heavy atom. The molecule has 0 saturated heterocycles. The third kappa shape index (κ3) is 3.00. The van der Waals surface area contributed by atoms with Crippen LogP contribution in [0.1, 0.15) is 32.1 Å². The molecule has 1 aromatic heterocycles. The molecule has 0 aliphatic heterocycles. The minimum atomic E-state index is 0.0822. The molecule has 106 valence electrons. The number of carbonyl (C=O) groups is 1. The molecular weight excluding hydrogens is 250 g/mol. The van der Waals surface area contributed by atoms with Crippen molar-refractivity contribution in [3.05, 3.63) is 30.6 Å². The fourth-order valence-electron chi connectivity index (χ4n) is 3.00. The van der Waals surface area contributed by atoms with Gasteiger partial charge in [-0.1, -0.05) is 31.4 Å². The van der Waals surface area contributed by atoms with Gasteiger partial charge in [0.05, 0.1) is 17.4 Å². The summed E-state index contributed by atoms with van der Waals surface area (Å²) in [5, 5.41) is 3.07. The lowest BCUT2D eigenvalue weighted by Crippen LogP contribution is -2.32. The summed E-state index contributed by atoms with van der Waals surface area (Å²) in [6.07, 6.45) is 8.23. The van der Waals surface area contributed by atoms with Crippen molar-refractivity contribution in [1.29, 1.82) is 0 Å². The molecular formula is C16H21N3O. The van der Waals surface area contributed by atoms with E-state index in [1.807, 2.05) is 28.8 Å². The second-order valence-electron chi connectivity index (χ2n) is 5.67. The molecule has 1 aliphatic rings. The van der Waals surface area contributed by atoms with E-state index in [1.54, 1.807) is 6.33 Å². The molecule has 0 atom stereocenters. The Morgan fingerprint density at radius 2 is 2.05 bits per heavy atom. The maximum atomic E-state index is 12.0. The molecule has 2 aromatic rings. The van der Waals surface area contributed by atoms with Gasteiger partial charge in [-0.05, 0) is 30.9 Å². The minimum Gasteiger partial charge on any atom is -0.354 e. The topological polar surface area (TPSA) is 46.9 Å². The smallest absolute Gasteiger partial charge is 0.240 e. The lowest BCUT2D eigenvalue weighted by molar-refractivity contribution is -0.121. The quantitative estimate of drug-likeness (QED) is 0.929. The molecule has 1 heterocycles. The molecule has 0 bridgehead atoms. The van der Waals surface area contributed by atoms with Gasteiger partial charge in [0, 0.05) is 6.54 Å². The zero-order valence-corrected chi connectivity index (χ0v) is 11.7. The van der Waals surface area contributed by atoms with Crippen molar-refractivity contribution in [3.8, 4) is 0 Å². The SMILES string of the molecule is O=C(Cn1cnc2ccccc21)NCC1CCCCC1. The summed E-state index contributed by atoms with van der Waals surface area (Å²) in [6.45, 7) is 1.18. The Labute approximate surface area is 119 Å². The van der Waals surface area contributed by atoms with Crippen molar-refractivity contribution >= 4 is 16.9 Å². The molecule has 20 heavy (non-hydrogen) atoms. The highest BCUT2D eigenvalue weighted by atomic mass is 16.1. The summed E-state index contributed by atoms with van der Waals surface area (Å²) < 4.78 is 1.91. The molecule has 1 aromatic carbocycles. The fourth-order valence-corrected chi connectivity index (χ4v) is 3.00. The first-order chi connectivity index (χ1) is 9.83. The molecule has 1 amide bonds. The van der Waals surface area contributed by atoms with E-state index < -0.39 is 0 Å². The summed E-state index contributed by atoms with van der Waals surface area (Å²) in [5.41, 5.74) is 1.95. The van der Waals surface area contributed by atoms with Gasteiger partial charge in [0.1, 0.15) is 6.54 Å². The summed E-state index contributed by atoms with van der Waals surface area (Å²) in [4.78, 5) is 16.3. The first kappa shape index (κ1) is 13.2. The summed E-state index contributed by atoms with van der Waals surface area (Å²) in [7, 11) is 0. The highest BCUT2D eigenvalue weighted by Gasteiger charge is 2.14. The first-order valence-electron chi connectivity index (χ1n) is 7.49. The standard InChI is InChI=1S/C16H21N3O/c20-16(17-10-13-6-2-1-3-7-13)11-19-12-18-14-8-4-5-9-15(14)19/h4-5,8-9,12-13H,1-3,6-7,10-11H2,(H,17,20). The van der Waals surface area contributed by atoms with Gasteiger partial charge < -0.3 is 9.88 Å². The number of nitrogens with zero attached hydrogens (tertiary/aromatic N) is 2. The molecule has 1 fully saturated rings. The number of hydrogen-bond donors (Lipinski definition) is 1. The Morgan fingerprint density at radius 3 is 2.90 bits per heavy atom. The van der Waals surface area contributed by atoms with E-state index in [1.165, 1.54) is 32.1 Å². The summed E-state index contributed by atoms with van der Waals surface area (Å²) in [6, 6.07) is 7.89. The van der Waals surface area contributed by atoms with E-state index in [2.05, 4.69) is 10.3 Å². The van der Waals surface area contributed by atoms with Crippen LogP contribution in [0.5, 0.6) is 0 Å². The van der Waals surface area contributed by atoms with Gasteiger partial charge in [-0.3, -0.25) is 4.79 Å². The van der Waals surface area contributed by atoms with Crippen LogP contribution >= 0.6 is 0 Å². The molecule has 0 unspecified atom stereocenters. The van der Waals surface area contributed by atoms with Crippen LogP contribution in [0.25, 0.3) is 11.0 Å². The lowest BCUT2D eigenvalue weighted by Gasteiger charge is -2.21. The van der Waals surface area contributed by atoms with Crippen LogP contribution in [0.2, 0.25) is 0 Å². The maximum absolute atomic E-state index is 12.0. The highest BCUT2D eigenvalue weighted by molar-refractivity contribution is 5.80. The van der Waals surface area contributed by atoms with Gasteiger partial charge in [0.15, 0.2) is 0 Å². The van der Waals surface area contributed by atoms with Crippen molar-refractivity contribution in [2.75, 3.05) is 6.54 Å². The van der Waals surface area contributed by atoms with Crippen LogP contribution in [-0.4, -0.2) is 22.0 Å². The lowest BCUT2D eigenvalue weighted by atomic mass is 9.89. The van der Waals surface area contributed by atoms with Crippen molar-refractivity contribution < 1.29 is 4.79 Å². The van der Waals surface area contributed by atoms with Crippen molar-refractivity contribution in [1.82, 2.24) is 14.9 Å². The average molecular weight is 271 g/mol. The van der Waals surface area contributed by atoms with E-state index in [0.717, 1.165) is 17.6 Å². The monoisotopic (exact) mass is 271 g/mol. The predicted octanol–water partition coefficient (Wildman–Crippen LogP) is 2.73. The number of imidazole rings is 1. The molecule has 0 radical (unpaired) electrons. The number of para-hydroxylation sites is 2. The molecule has 0 spiro atoms. The number of aromatic nitrogens is 2. The van der Waals surface area contributed by atoms with E-state index in [-0.39, 0.29) is 5.91 Å². The van der Waals surface area contributed by atoms with E-state index in [0.29, 0.717) is 12.5 Å². The van der Waals surface area contributed by atoms with Crippen LogP contribution < -0.4 is 5.32 Å². The second-order valence-corrected chi connectivity index (χ2v) is 5.67. The van der Waals surface area contributed by atoms with Crippen molar-refractivity contribution in [3.63, 3.8) is 0 Å².